The van der Waals surface area contributed by atoms with E-state index in [-0.39, 0.29) is 17.6 Å². The van der Waals surface area contributed by atoms with Gasteiger partial charge in [0.1, 0.15) is 0 Å². The Balaban J connectivity index is 1.42. The number of hydrogen-bond acceptors (Lipinski definition) is 4. The number of aryl methyl sites for hydroxylation is 2. The smallest absolute Gasteiger partial charge is 0.292 e. The summed E-state index contributed by atoms with van der Waals surface area (Å²) in [6.07, 6.45) is 2.30. The molecule has 25 heavy (non-hydrogen) atoms. The Morgan fingerprint density at radius 2 is 1.76 bits per heavy atom. The molecule has 1 fully saturated rings. The average molecular weight is 341 g/mol. The van der Waals surface area contributed by atoms with Gasteiger partial charge in [0.25, 0.3) is 5.91 Å². The van der Waals surface area contributed by atoms with Crippen molar-refractivity contribution in [2.24, 2.45) is 0 Å². The molecular weight excluding hydrogens is 318 g/mol. The van der Waals surface area contributed by atoms with E-state index in [2.05, 4.69) is 17.3 Å². The van der Waals surface area contributed by atoms with Gasteiger partial charge in [-0.15, -0.1) is 0 Å². The van der Waals surface area contributed by atoms with Crippen LogP contribution in [-0.4, -0.2) is 52.9 Å². The molecule has 0 aliphatic carbocycles. The first kappa shape index (κ1) is 17.2. The topological polar surface area (TPSA) is 66.7 Å². The van der Waals surface area contributed by atoms with Crippen LogP contribution in [0.25, 0.3) is 0 Å². The molecule has 0 atom stereocenters. The maximum absolute atomic E-state index is 12.3. The lowest BCUT2D eigenvalue weighted by atomic mass is 10.1. The van der Waals surface area contributed by atoms with Crippen molar-refractivity contribution in [2.75, 3.05) is 26.2 Å². The van der Waals surface area contributed by atoms with Crippen LogP contribution in [0, 0.1) is 6.92 Å². The number of rotatable bonds is 5. The summed E-state index contributed by atoms with van der Waals surface area (Å²) in [5.41, 5.74) is 1.95. The summed E-state index contributed by atoms with van der Waals surface area (Å²) in [6, 6.07) is 11.8. The molecule has 0 radical (unpaired) electrons. The summed E-state index contributed by atoms with van der Waals surface area (Å²) < 4.78 is 5.03. The van der Waals surface area contributed by atoms with E-state index in [0.29, 0.717) is 38.3 Å². The number of carbonyl (C=O) groups is 2. The molecule has 6 nitrogen and oxygen atoms in total. The number of aromatic nitrogens is 1. The molecule has 0 saturated carbocycles. The first-order chi connectivity index (χ1) is 12.1. The second kappa shape index (κ2) is 7.96. The van der Waals surface area contributed by atoms with Crippen molar-refractivity contribution in [3.8, 4) is 0 Å². The molecule has 1 aliphatic rings. The van der Waals surface area contributed by atoms with Crippen LogP contribution in [0.3, 0.4) is 0 Å². The second-order valence-corrected chi connectivity index (χ2v) is 6.34. The van der Waals surface area contributed by atoms with Gasteiger partial charge in [0, 0.05) is 38.7 Å². The molecule has 2 aromatic rings. The zero-order chi connectivity index (χ0) is 17.6. The van der Waals surface area contributed by atoms with Crippen molar-refractivity contribution >= 4 is 11.8 Å². The standard InChI is InChI=1S/C19H23N3O3/c1-15-14-17(25-20-15)19(24)22-12-10-21(11-13-22)18(23)9-5-8-16-6-3-2-4-7-16/h2-4,6-7,14H,5,8-13H2,1H3. The third-order valence-electron chi connectivity index (χ3n) is 4.46. The normalized spacial score (nSPS) is 14.6. The molecular formula is C19H23N3O3. The van der Waals surface area contributed by atoms with E-state index >= 15 is 0 Å². The summed E-state index contributed by atoms with van der Waals surface area (Å²) in [5, 5.41) is 3.75. The van der Waals surface area contributed by atoms with Gasteiger partial charge in [-0.05, 0) is 25.3 Å². The monoisotopic (exact) mass is 341 g/mol. The Kier molecular flexibility index (Phi) is 5.48. The number of carbonyl (C=O) groups excluding carboxylic acids is 2. The van der Waals surface area contributed by atoms with Crippen LogP contribution in [0.2, 0.25) is 0 Å². The molecule has 0 unspecified atom stereocenters. The Bertz CT molecular complexity index is 719. The van der Waals surface area contributed by atoms with Crippen molar-refractivity contribution in [3.63, 3.8) is 0 Å². The molecule has 132 valence electrons. The summed E-state index contributed by atoms with van der Waals surface area (Å²) in [5.74, 6) is 0.274. The van der Waals surface area contributed by atoms with Gasteiger partial charge in [-0.2, -0.15) is 0 Å². The van der Waals surface area contributed by atoms with E-state index in [4.69, 9.17) is 4.52 Å². The molecule has 0 spiro atoms. The number of piperazine rings is 1. The van der Waals surface area contributed by atoms with Crippen LogP contribution in [0.1, 0.15) is 34.7 Å². The Labute approximate surface area is 147 Å². The van der Waals surface area contributed by atoms with Gasteiger partial charge < -0.3 is 14.3 Å². The minimum atomic E-state index is -0.156. The summed E-state index contributed by atoms with van der Waals surface area (Å²) in [7, 11) is 0. The van der Waals surface area contributed by atoms with E-state index in [1.807, 2.05) is 23.1 Å². The fourth-order valence-electron chi connectivity index (χ4n) is 3.03. The summed E-state index contributed by atoms with van der Waals surface area (Å²) in [6.45, 7) is 3.99. The quantitative estimate of drug-likeness (QED) is 0.837. The third kappa shape index (κ3) is 4.47. The van der Waals surface area contributed by atoms with Gasteiger partial charge in [0.15, 0.2) is 0 Å². The van der Waals surface area contributed by atoms with Crippen molar-refractivity contribution in [1.29, 1.82) is 0 Å². The van der Waals surface area contributed by atoms with Crippen LogP contribution in [0.15, 0.2) is 40.9 Å². The van der Waals surface area contributed by atoms with Crippen molar-refractivity contribution in [3.05, 3.63) is 53.4 Å². The Morgan fingerprint density at radius 1 is 1.08 bits per heavy atom. The van der Waals surface area contributed by atoms with Gasteiger partial charge in [-0.1, -0.05) is 35.5 Å². The lowest BCUT2D eigenvalue weighted by molar-refractivity contribution is -0.132. The van der Waals surface area contributed by atoms with Gasteiger partial charge in [0.05, 0.1) is 5.69 Å². The number of amides is 2. The van der Waals surface area contributed by atoms with Crippen molar-refractivity contribution < 1.29 is 14.1 Å². The number of benzene rings is 1. The van der Waals surface area contributed by atoms with Crippen LogP contribution in [0.5, 0.6) is 0 Å². The minimum Gasteiger partial charge on any atom is -0.351 e. The fraction of sp³-hybridized carbons (Fsp3) is 0.421. The lowest BCUT2D eigenvalue weighted by Crippen LogP contribution is -2.50. The molecule has 1 saturated heterocycles. The van der Waals surface area contributed by atoms with Crippen LogP contribution < -0.4 is 0 Å². The van der Waals surface area contributed by atoms with E-state index in [1.54, 1.807) is 17.9 Å². The lowest BCUT2D eigenvalue weighted by Gasteiger charge is -2.34. The molecule has 1 aromatic heterocycles. The molecule has 0 N–H and O–H groups in total. The van der Waals surface area contributed by atoms with Gasteiger partial charge in [0.2, 0.25) is 11.7 Å². The average Bonchev–Trinajstić information content (AvgIpc) is 3.08. The molecule has 0 bridgehead atoms. The Hall–Kier alpha value is -2.63. The number of hydrogen-bond donors (Lipinski definition) is 0. The molecule has 3 rings (SSSR count). The molecule has 1 aliphatic heterocycles. The highest BCUT2D eigenvalue weighted by Crippen LogP contribution is 2.12. The zero-order valence-corrected chi connectivity index (χ0v) is 14.5. The van der Waals surface area contributed by atoms with Crippen molar-refractivity contribution in [2.45, 2.75) is 26.2 Å². The molecule has 6 heteroatoms. The summed E-state index contributed by atoms with van der Waals surface area (Å²) >= 11 is 0. The van der Waals surface area contributed by atoms with Crippen LogP contribution >= 0.6 is 0 Å². The van der Waals surface area contributed by atoms with E-state index < -0.39 is 0 Å². The highest BCUT2D eigenvalue weighted by molar-refractivity contribution is 5.91. The first-order valence-corrected chi connectivity index (χ1v) is 8.68. The Morgan fingerprint density at radius 3 is 2.40 bits per heavy atom. The van der Waals surface area contributed by atoms with E-state index in [0.717, 1.165) is 12.8 Å². The summed E-state index contributed by atoms with van der Waals surface area (Å²) in [4.78, 5) is 28.2. The molecule has 1 aromatic carbocycles. The maximum Gasteiger partial charge on any atom is 0.292 e. The minimum absolute atomic E-state index is 0.156. The van der Waals surface area contributed by atoms with Gasteiger partial charge in [-0.3, -0.25) is 9.59 Å². The zero-order valence-electron chi connectivity index (χ0n) is 14.5. The highest BCUT2D eigenvalue weighted by atomic mass is 16.5. The van der Waals surface area contributed by atoms with Crippen LogP contribution in [0.4, 0.5) is 0 Å². The fourth-order valence-corrected chi connectivity index (χ4v) is 3.03. The van der Waals surface area contributed by atoms with E-state index in [1.165, 1.54) is 5.56 Å². The molecule has 2 heterocycles. The second-order valence-electron chi connectivity index (χ2n) is 6.34. The van der Waals surface area contributed by atoms with Crippen LogP contribution in [-0.2, 0) is 11.2 Å². The number of nitrogens with zero attached hydrogens (tertiary/aromatic N) is 3. The predicted octanol–water partition coefficient (Wildman–Crippen LogP) is 2.29. The van der Waals surface area contributed by atoms with Gasteiger partial charge >= 0.3 is 0 Å². The SMILES string of the molecule is Cc1cc(C(=O)N2CCN(C(=O)CCCc3ccccc3)CC2)on1. The van der Waals surface area contributed by atoms with Gasteiger partial charge in [-0.25, -0.2) is 0 Å². The first-order valence-electron chi connectivity index (χ1n) is 8.68. The largest absolute Gasteiger partial charge is 0.351 e. The third-order valence-corrected chi connectivity index (χ3v) is 4.46. The predicted molar refractivity (Wildman–Crippen MR) is 93.1 cm³/mol. The molecule has 2 amide bonds. The van der Waals surface area contributed by atoms with E-state index in [9.17, 15) is 9.59 Å². The maximum atomic E-state index is 12.3. The highest BCUT2D eigenvalue weighted by Gasteiger charge is 2.26. The van der Waals surface area contributed by atoms with Crippen molar-refractivity contribution in [1.82, 2.24) is 15.0 Å².